The summed E-state index contributed by atoms with van der Waals surface area (Å²) in [5.74, 6) is -0.192. The number of nitrogens with zero attached hydrogens (tertiary/aromatic N) is 2. The summed E-state index contributed by atoms with van der Waals surface area (Å²) in [5.41, 5.74) is 1.18. The van der Waals surface area contributed by atoms with Gasteiger partial charge >= 0.3 is 6.18 Å². The summed E-state index contributed by atoms with van der Waals surface area (Å²) in [5, 5.41) is 13.0. The summed E-state index contributed by atoms with van der Waals surface area (Å²) in [6.45, 7) is 3.51. The molecule has 10 heteroatoms. The molecule has 176 valence electrons. The van der Waals surface area contributed by atoms with Gasteiger partial charge in [0, 0.05) is 22.7 Å². The normalized spacial score (nSPS) is 11.6. The predicted molar refractivity (Wildman–Crippen MR) is 123 cm³/mol. The number of aromatic amines is 1. The van der Waals surface area contributed by atoms with Crippen molar-refractivity contribution in [2.75, 3.05) is 11.9 Å². The number of H-pyrrole nitrogens is 1. The second-order valence-electron chi connectivity index (χ2n) is 7.93. The molecule has 0 unspecified atom stereocenters. The number of rotatable bonds is 7. The molecule has 0 aliphatic heterocycles. The van der Waals surface area contributed by atoms with Crippen molar-refractivity contribution in [2.45, 2.75) is 26.1 Å². The Morgan fingerprint density at radius 1 is 1.12 bits per heavy atom. The second-order valence-corrected chi connectivity index (χ2v) is 7.93. The van der Waals surface area contributed by atoms with Crippen molar-refractivity contribution in [2.24, 2.45) is 0 Å². The summed E-state index contributed by atoms with van der Waals surface area (Å²) < 4.78 is 46.5. The molecule has 0 bridgehead atoms. The highest BCUT2D eigenvalue weighted by Crippen LogP contribution is 2.37. The van der Waals surface area contributed by atoms with Crippen molar-refractivity contribution in [3.63, 3.8) is 0 Å². The SMILES string of the molecule is CC(C)NC(=O)COc1cccc(-c2ccc(C(F)(F)F)c(Nc3ccc4[nH]ncc4c3)n2)c1. The van der Waals surface area contributed by atoms with Gasteiger partial charge in [0.2, 0.25) is 0 Å². The summed E-state index contributed by atoms with van der Waals surface area (Å²) >= 11 is 0. The zero-order valence-electron chi connectivity index (χ0n) is 18.4. The van der Waals surface area contributed by atoms with Crippen LogP contribution in [0.2, 0.25) is 0 Å². The Balaban J connectivity index is 1.62. The van der Waals surface area contributed by atoms with Crippen LogP contribution in [0.1, 0.15) is 19.4 Å². The average molecular weight is 469 g/mol. The molecule has 34 heavy (non-hydrogen) atoms. The van der Waals surface area contributed by atoms with E-state index in [9.17, 15) is 18.0 Å². The molecule has 0 atom stereocenters. The van der Waals surface area contributed by atoms with Crippen molar-refractivity contribution in [1.82, 2.24) is 20.5 Å². The van der Waals surface area contributed by atoms with E-state index in [0.717, 1.165) is 17.0 Å². The molecular formula is C24H22F3N5O2. The first kappa shape index (κ1) is 23.1. The van der Waals surface area contributed by atoms with E-state index in [-0.39, 0.29) is 24.4 Å². The van der Waals surface area contributed by atoms with Crippen LogP contribution in [0.4, 0.5) is 24.7 Å². The standard InChI is InChI=1S/C24H22F3N5O2/c1-14(2)29-22(33)13-34-18-5-3-4-15(11-18)20-9-7-19(24(25,26)27)23(31-20)30-17-6-8-21-16(10-17)12-28-32-21/h3-12,14H,13H2,1-2H3,(H,28,32)(H,29,33)(H,30,31). The number of benzene rings is 2. The van der Waals surface area contributed by atoms with Crippen LogP contribution < -0.4 is 15.4 Å². The zero-order valence-corrected chi connectivity index (χ0v) is 18.4. The van der Waals surface area contributed by atoms with Gasteiger partial charge in [-0.25, -0.2) is 4.98 Å². The lowest BCUT2D eigenvalue weighted by Gasteiger charge is -2.16. The van der Waals surface area contributed by atoms with E-state index < -0.39 is 11.7 Å². The molecule has 2 aromatic heterocycles. The number of pyridine rings is 1. The molecule has 1 amide bonds. The van der Waals surface area contributed by atoms with Gasteiger partial charge in [0.1, 0.15) is 11.6 Å². The van der Waals surface area contributed by atoms with Gasteiger partial charge in [-0.05, 0) is 56.3 Å². The maximum atomic E-state index is 13.7. The topological polar surface area (TPSA) is 91.9 Å². The van der Waals surface area contributed by atoms with Crippen molar-refractivity contribution < 1.29 is 22.7 Å². The fourth-order valence-corrected chi connectivity index (χ4v) is 3.36. The lowest BCUT2D eigenvalue weighted by molar-refractivity contribution is -0.137. The van der Waals surface area contributed by atoms with Crippen molar-refractivity contribution in [3.05, 3.63) is 66.4 Å². The molecule has 0 aliphatic rings. The molecule has 0 fully saturated rings. The van der Waals surface area contributed by atoms with E-state index in [0.29, 0.717) is 22.7 Å². The molecular weight excluding hydrogens is 447 g/mol. The first-order valence-electron chi connectivity index (χ1n) is 10.5. The summed E-state index contributed by atoms with van der Waals surface area (Å²) in [4.78, 5) is 16.1. The van der Waals surface area contributed by atoms with Gasteiger partial charge in [-0.3, -0.25) is 9.89 Å². The molecule has 7 nitrogen and oxygen atoms in total. The quantitative estimate of drug-likeness (QED) is 0.342. The number of carbonyl (C=O) groups is 1. The van der Waals surface area contributed by atoms with Crippen LogP contribution in [-0.2, 0) is 11.0 Å². The average Bonchev–Trinajstić information content (AvgIpc) is 3.25. The molecule has 4 aromatic rings. The number of hydrogen-bond donors (Lipinski definition) is 3. The Morgan fingerprint density at radius 2 is 1.94 bits per heavy atom. The third kappa shape index (κ3) is 5.45. The highest BCUT2D eigenvalue weighted by Gasteiger charge is 2.34. The monoisotopic (exact) mass is 469 g/mol. The number of alkyl halides is 3. The van der Waals surface area contributed by atoms with Crippen LogP contribution in [0.3, 0.4) is 0 Å². The number of nitrogens with one attached hydrogen (secondary N) is 3. The van der Waals surface area contributed by atoms with Gasteiger partial charge < -0.3 is 15.4 Å². The summed E-state index contributed by atoms with van der Waals surface area (Å²) in [7, 11) is 0. The molecule has 2 heterocycles. The minimum atomic E-state index is -4.59. The first-order chi connectivity index (χ1) is 16.2. The Hall–Kier alpha value is -4.08. The number of hydrogen-bond acceptors (Lipinski definition) is 5. The fourth-order valence-electron chi connectivity index (χ4n) is 3.36. The maximum Gasteiger partial charge on any atom is 0.419 e. The third-order valence-electron chi connectivity index (χ3n) is 4.85. The minimum absolute atomic E-state index is 0.0149. The van der Waals surface area contributed by atoms with Crippen molar-refractivity contribution >= 4 is 28.3 Å². The Labute approximate surface area is 193 Å². The lowest BCUT2D eigenvalue weighted by atomic mass is 10.1. The minimum Gasteiger partial charge on any atom is -0.484 e. The highest BCUT2D eigenvalue weighted by molar-refractivity contribution is 5.83. The number of aromatic nitrogens is 3. The lowest BCUT2D eigenvalue weighted by Crippen LogP contribution is -2.34. The van der Waals surface area contributed by atoms with E-state index >= 15 is 0 Å². The van der Waals surface area contributed by atoms with E-state index in [4.69, 9.17) is 4.74 Å². The largest absolute Gasteiger partial charge is 0.484 e. The van der Waals surface area contributed by atoms with E-state index in [1.165, 1.54) is 6.07 Å². The van der Waals surface area contributed by atoms with Crippen LogP contribution in [0.15, 0.2) is 60.8 Å². The van der Waals surface area contributed by atoms with Crippen molar-refractivity contribution in [3.8, 4) is 17.0 Å². The third-order valence-corrected chi connectivity index (χ3v) is 4.85. The second kappa shape index (κ2) is 9.42. The number of fused-ring (bicyclic) bond motifs is 1. The Morgan fingerprint density at radius 3 is 2.71 bits per heavy atom. The van der Waals surface area contributed by atoms with Crippen LogP contribution in [0.25, 0.3) is 22.2 Å². The van der Waals surface area contributed by atoms with Gasteiger partial charge in [-0.2, -0.15) is 18.3 Å². The van der Waals surface area contributed by atoms with Gasteiger partial charge in [0.25, 0.3) is 5.91 Å². The van der Waals surface area contributed by atoms with Crippen LogP contribution in [0.5, 0.6) is 5.75 Å². The molecule has 0 saturated carbocycles. The fraction of sp³-hybridized carbons (Fsp3) is 0.208. The smallest absolute Gasteiger partial charge is 0.419 e. The van der Waals surface area contributed by atoms with Crippen LogP contribution >= 0.6 is 0 Å². The van der Waals surface area contributed by atoms with Gasteiger partial charge in [-0.1, -0.05) is 12.1 Å². The van der Waals surface area contributed by atoms with Gasteiger partial charge in [0.05, 0.1) is 23.0 Å². The first-order valence-corrected chi connectivity index (χ1v) is 10.5. The molecule has 0 spiro atoms. The summed E-state index contributed by atoms with van der Waals surface area (Å²) in [6, 6.07) is 14.0. The zero-order chi connectivity index (χ0) is 24.3. The number of anilines is 2. The number of carbonyl (C=O) groups excluding carboxylic acids is 1. The van der Waals surface area contributed by atoms with E-state index in [1.54, 1.807) is 48.7 Å². The number of amides is 1. The molecule has 0 radical (unpaired) electrons. The van der Waals surface area contributed by atoms with Gasteiger partial charge in [-0.15, -0.1) is 0 Å². The molecule has 0 saturated heterocycles. The van der Waals surface area contributed by atoms with Crippen LogP contribution in [-0.4, -0.2) is 33.7 Å². The molecule has 4 rings (SSSR count). The summed E-state index contributed by atoms with van der Waals surface area (Å²) in [6.07, 6.45) is -3.01. The van der Waals surface area contributed by atoms with E-state index in [2.05, 4.69) is 25.8 Å². The number of ether oxygens (including phenoxy) is 1. The maximum absolute atomic E-state index is 13.7. The molecule has 0 aliphatic carbocycles. The van der Waals surface area contributed by atoms with Crippen molar-refractivity contribution in [1.29, 1.82) is 0 Å². The van der Waals surface area contributed by atoms with Crippen LogP contribution in [0, 0.1) is 0 Å². The molecule has 2 aromatic carbocycles. The highest BCUT2D eigenvalue weighted by atomic mass is 19.4. The van der Waals surface area contributed by atoms with Gasteiger partial charge in [0.15, 0.2) is 6.61 Å². The molecule has 3 N–H and O–H groups in total. The van der Waals surface area contributed by atoms with E-state index in [1.807, 2.05) is 13.8 Å². The Bertz CT molecular complexity index is 1320. The number of halogens is 3. The predicted octanol–water partition coefficient (Wildman–Crippen LogP) is 5.29. The Kier molecular flexibility index (Phi) is 6.40.